The van der Waals surface area contributed by atoms with Crippen molar-refractivity contribution >= 4 is 29.0 Å². The minimum atomic E-state index is -0.512. The van der Waals surface area contributed by atoms with Crippen LogP contribution >= 0.6 is 11.6 Å². The van der Waals surface area contributed by atoms with Crippen molar-refractivity contribution in [1.29, 1.82) is 0 Å². The fraction of sp³-hybridized carbons (Fsp3) is 0.133. The predicted octanol–water partition coefficient (Wildman–Crippen LogP) is 3.66. The van der Waals surface area contributed by atoms with E-state index in [1.165, 1.54) is 18.2 Å². The summed E-state index contributed by atoms with van der Waals surface area (Å²) in [5.41, 5.74) is 1.61. The van der Waals surface area contributed by atoms with Crippen LogP contribution in [0.5, 0.6) is 0 Å². The Morgan fingerprint density at radius 1 is 1.19 bits per heavy atom. The molecular formula is C15H14ClFN2O2. The zero-order valence-electron chi connectivity index (χ0n) is 11.1. The molecule has 0 spiro atoms. The molecule has 6 heteroatoms. The maximum Gasteiger partial charge on any atom is 0.323 e. The number of aliphatic hydroxyl groups is 1. The highest BCUT2D eigenvalue weighted by Gasteiger charge is 2.08. The van der Waals surface area contributed by atoms with Crippen LogP contribution in [0.25, 0.3) is 0 Å². The molecule has 0 atom stereocenters. The molecule has 110 valence electrons. The number of carbonyl (C=O) groups excluding carboxylic acids is 1. The first-order chi connectivity index (χ1) is 10.1. The van der Waals surface area contributed by atoms with Crippen molar-refractivity contribution in [2.75, 3.05) is 17.2 Å². The lowest BCUT2D eigenvalue weighted by Crippen LogP contribution is -2.20. The van der Waals surface area contributed by atoms with Gasteiger partial charge in [0.25, 0.3) is 0 Å². The fourth-order valence-electron chi connectivity index (χ4n) is 1.85. The molecule has 2 rings (SSSR count). The number of rotatable bonds is 4. The van der Waals surface area contributed by atoms with Crippen molar-refractivity contribution in [3.05, 3.63) is 58.9 Å². The standard InChI is InChI=1S/C15H14ClFN2O2/c16-11-5-4-10(6-7-20)14(8-11)19-15(21)18-13-3-1-2-12(17)9-13/h1-5,8-9,20H,6-7H2,(H2,18,19,21). The predicted molar refractivity (Wildman–Crippen MR) is 81.3 cm³/mol. The number of benzene rings is 2. The lowest BCUT2D eigenvalue weighted by molar-refractivity contribution is 0.262. The van der Waals surface area contributed by atoms with Gasteiger partial charge in [0.15, 0.2) is 0 Å². The molecule has 2 aromatic carbocycles. The van der Waals surface area contributed by atoms with Crippen molar-refractivity contribution in [2.45, 2.75) is 6.42 Å². The minimum Gasteiger partial charge on any atom is -0.396 e. The van der Waals surface area contributed by atoms with Crippen molar-refractivity contribution in [3.8, 4) is 0 Å². The summed E-state index contributed by atoms with van der Waals surface area (Å²) in [6.07, 6.45) is 0.396. The summed E-state index contributed by atoms with van der Waals surface area (Å²) in [5, 5.41) is 14.6. The first kappa shape index (κ1) is 15.3. The number of halogens is 2. The van der Waals surface area contributed by atoms with Crippen LogP contribution in [-0.2, 0) is 6.42 Å². The van der Waals surface area contributed by atoms with E-state index in [-0.39, 0.29) is 6.61 Å². The number of urea groups is 1. The SMILES string of the molecule is O=C(Nc1cccc(F)c1)Nc1cc(Cl)ccc1CCO. The Labute approximate surface area is 126 Å². The molecule has 0 saturated carbocycles. The normalized spacial score (nSPS) is 10.2. The van der Waals surface area contributed by atoms with Crippen LogP contribution < -0.4 is 10.6 Å². The second-order valence-electron chi connectivity index (χ2n) is 4.36. The van der Waals surface area contributed by atoms with Gasteiger partial charge in [-0.1, -0.05) is 23.7 Å². The minimum absolute atomic E-state index is 0.0399. The van der Waals surface area contributed by atoms with Gasteiger partial charge in [-0.15, -0.1) is 0 Å². The summed E-state index contributed by atoms with van der Waals surface area (Å²) in [5.74, 6) is -0.434. The Kier molecular flexibility index (Phi) is 5.14. The maximum absolute atomic E-state index is 13.0. The van der Waals surface area contributed by atoms with Crippen molar-refractivity contribution in [3.63, 3.8) is 0 Å². The average molecular weight is 309 g/mol. The van der Waals surface area contributed by atoms with E-state index in [0.717, 1.165) is 5.56 Å². The number of anilines is 2. The molecule has 0 radical (unpaired) electrons. The van der Waals surface area contributed by atoms with Crippen molar-refractivity contribution in [2.24, 2.45) is 0 Å². The lowest BCUT2D eigenvalue weighted by Gasteiger charge is -2.12. The molecular weight excluding hydrogens is 295 g/mol. The number of carbonyl (C=O) groups is 1. The molecule has 0 aromatic heterocycles. The van der Waals surface area contributed by atoms with Crippen molar-refractivity contribution in [1.82, 2.24) is 0 Å². The van der Waals surface area contributed by atoms with Crippen LogP contribution in [0.1, 0.15) is 5.56 Å². The summed E-state index contributed by atoms with van der Waals surface area (Å²) >= 11 is 5.90. The number of nitrogens with one attached hydrogen (secondary N) is 2. The maximum atomic E-state index is 13.0. The second kappa shape index (κ2) is 7.06. The highest BCUT2D eigenvalue weighted by molar-refractivity contribution is 6.31. The Hall–Kier alpha value is -2.11. The van der Waals surface area contributed by atoms with Gasteiger partial charge in [0.2, 0.25) is 0 Å². The summed E-state index contributed by atoms with van der Waals surface area (Å²) < 4.78 is 13.0. The molecule has 0 aliphatic carbocycles. The smallest absolute Gasteiger partial charge is 0.323 e. The molecule has 0 heterocycles. The number of hydrogen-bond acceptors (Lipinski definition) is 2. The number of aliphatic hydroxyl groups excluding tert-OH is 1. The summed E-state index contributed by atoms with van der Waals surface area (Å²) in [6.45, 7) is -0.0399. The highest BCUT2D eigenvalue weighted by Crippen LogP contribution is 2.22. The van der Waals surface area contributed by atoms with E-state index in [2.05, 4.69) is 10.6 Å². The van der Waals surface area contributed by atoms with Gasteiger partial charge in [-0.2, -0.15) is 0 Å². The average Bonchev–Trinajstić information content (AvgIpc) is 2.42. The van der Waals surface area contributed by atoms with Crippen LogP contribution in [0.2, 0.25) is 5.02 Å². The Morgan fingerprint density at radius 3 is 2.71 bits per heavy atom. The van der Waals surface area contributed by atoms with Crippen LogP contribution in [0.15, 0.2) is 42.5 Å². The molecule has 0 fully saturated rings. The largest absolute Gasteiger partial charge is 0.396 e. The van der Waals surface area contributed by atoms with Crippen molar-refractivity contribution < 1.29 is 14.3 Å². The van der Waals surface area contributed by atoms with E-state index in [1.54, 1.807) is 24.3 Å². The Bertz CT molecular complexity index is 649. The van der Waals surface area contributed by atoms with E-state index in [9.17, 15) is 9.18 Å². The molecule has 0 aliphatic heterocycles. The molecule has 3 N–H and O–H groups in total. The molecule has 4 nitrogen and oxygen atoms in total. The van der Waals surface area contributed by atoms with Crippen LogP contribution in [-0.4, -0.2) is 17.7 Å². The highest BCUT2D eigenvalue weighted by atomic mass is 35.5. The van der Waals surface area contributed by atoms with Gasteiger partial charge in [0.1, 0.15) is 5.82 Å². The van der Waals surface area contributed by atoms with E-state index < -0.39 is 11.8 Å². The van der Waals surface area contributed by atoms with E-state index in [1.807, 2.05) is 0 Å². The van der Waals surface area contributed by atoms with E-state index in [0.29, 0.717) is 22.8 Å². The first-order valence-corrected chi connectivity index (χ1v) is 6.69. The van der Waals surface area contributed by atoms with Crippen LogP contribution in [0.4, 0.5) is 20.6 Å². The first-order valence-electron chi connectivity index (χ1n) is 6.31. The van der Waals surface area contributed by atoms with Gasteiger partial charge >= 0.3 is 6.03 Å². The van der Waals surface area contributed by atoms with E-state index >= 15 is 0 Å². The molecule has 0 unspecified atom stereocenters. The second-order valence-corrected chi connectivity index (χ2v) is 4.80. The van der Waals surface area contributed by atoms with Gasteiger partial charge in [0, 0.05) is 23.0 Å². The Balaban J connectivity index is 2.10. The quantitative estimate of drug-likeness (QED) is 0.807. The van der Waals surface area contributed by atoms with Gasteiger partial charge in [0.05, 0.1) is 0 Å². The lowest BCUT2D eigenvalue weighted by atomic mass is 10.1. The number of amides is 2. The molecule has 2 amide bonds. The van der Waals surface area contributed by atoms with Crippen LogP contribution in [0.3, 0.4) is 0 Å². The van der Waals surface area contributed by atoms with Gasteiger partial charge < -0.3 is 15.7 Å². The molecule has 21 heavy (non-hydrogen) atoms. The monoisotopic (exact) mass is 308 g/mol. The zero-order chi connectivity index (χ0) is 15.2. The molecule has 0 aliphatic rings. The van der Waals surface area contributed by atoms with E-state index in [4.69, 9.17) is 16.7 Å². The fourth-order valence-corrected chi connectivity index (χ4v) is 2.03. The third-order valence-corrected chi connectivity index (χ3v) is 3.02. The molecule has 2 aromatic rings. The topological polar surface area (TPSA) is 61.4 Å². The van der Waals surface area contributed by atoms with Gasteiger partial charge in [-0.3, -0.25) is 0 Å². The molecule has 0 bridgehead atoms. The summed E-state index contributed by atoms with van der Waals surface area (Å²) in [6, 6.07) is 10.1. The number of hydrogen-bond donors (Lipinski definition) is 3. The Morgan fingerprint density at radius 2 is 2.00 bits per heavy atom. The zero-order valence-corrected chi connectivity index (χ0v) is 11.8. The van der Waals surface area contributed by atoms with Crippen LogP contribution in [0, 0.1) is 5.82 Å². The third-order valence-electron chi connectivity index (χ3n) is 2.78. The summed E-state index contributed by atoms with van der Waals surface area (Å²) in [4.78, 5) is 11.9. The summed E-state index contributed by atoms with van der Waals surface area (Å²) in [7, 11) is 0. The molecule has 0 saturated heterocycles. The van der Waals surface area contributed by atoms with Gasteiger partial charge in [-0.25, -0.2) is 9.18 Å². The van der Waals surface area contributed by atoms with Gasteiger partial charge in [-0.05, 0) is 42.3 Å². The third kappa shape index (κ3) is 4.44.